The monoisotopic (exact) mass is 333 g/mol. The number of amides is 1. The van der Waals surface area contributed by atoms with Crippen LogP contribution in [0.1, 0.15) is 26.7 Å². The van der Waals surface area contributed by atoms with E-state index in [1.165, 1.54) is 0 Å². The van der Waals surface area contributed by atoms with E-state index in [4.69, 9.17) is 4.74 Å². The number of carbonyl (C=O) groups excluding carboxylic acids is 1. The van der Waals surface area contributed by atoms with Gasteiger partial charge in [0.05, 0.1) is 6.10 Å². The molecule has 1 aromatic heterocycles. The molecule has 0 aliphatic carbocycles. The van der Waals surface area contributed by atoms with E-state index in [1.807, 2.05) is 30.9 Å². The Morgan fingerprint density at radius 1 is 1.29 bits per heavy atom. The van der Waals surface area contributed by atoms with Crippen molar-refractivity contribution in [1.29, 1.82) is 0 Å². The van der Waals surface area contributed by atoms with Gasteiger partial charge in [-0.25, -0.2) is 0 Å². The molecule has 1 aromatic rings. The summed E-state index contributed by atoms with van der Waals surface area (Å²) in [7, 11) is 0. The molecule has 132 valence electrons. The zero-order valence-corrected chi connectivity index (χ0v) is 14.6. The number of anilines is 2. The van der Waals surface area contributed by atoms with Crippen molar-refractivity contribution in [2.75, 3.05) is 49.5 Å². The second kappa shape index (κ2) is 7.79. The molecule has 2 aliphatic rings. The van der Waals surface area contributed by atoms with Crippen LogP contribution >= 0.6 is 0 Å². The average molecular weight is 333 g/mol. The van der Waals surface area contributed by atoms with Crippen molar-refractivity contribution < 1.29 is 9.53 Å². The molecule has 0 radical (unpaired) electrons. The van der Waals surface area contributed by atoms with E-state index in [0.29, 0.717) is 0 Å². The fourth-order valence-corrected chi connectivity index (χ4v) is 3.13. The third-order valence-electron chi connectivity index (χ3n) is 4.59. The van der Waals surface area contributed by atoms with Gasteiger partial charge in [-0.15, -0.1) is 10.2 Å². The molecule has 0 bridgehead atoms. The lowest BCUT2D eigenvalue weighted by Crippen LogP contribution is -2.50. The van der Waals surface area contributed by atoms with Gasteiger partial charge in [0.15, 0.2) is 5.82 Å². The number of nitrogens with zero attached hydrogens (tertiary/aromatic N) is 4. The summed E-state index contributed by atoms with van der Waals surface area (Å²) >= 11 is 0. The molecule has 2 saturated heterocycles. The van der Waals surface area contributed by atoms with Crippen LogP contribution in [-0.2, 0) is 9.53 Å². The molecule has 1 atom stereocenters. The van der Waals surface area contributed by atoms with Gasteiger partial charge in [-0.2, -0.15) is 0 Å². The Hall–Kier alpha value is -1.89. The molecule has 1 unspecified atom stereocenters. The molecule has 1 N–H and O–H groups in total. The molecular formula is C17H27N5O2. The van der Waals surface area contributed by atoms with Crippen molar-refractivity contribution in [2.45, 2.75) is 32.8 Å². The van der Waals surface area contributed by atoms with Crippen LogP contribution in [0.3, 0.4) is 0 Å². The average Bonchev–Trinajstić information content (AvgIpc) is 3.13. The smallest absolute Gasteiger partial charge is 0.225 e. The lowest BCUT2D eigenvalue weighted by atomic mass is 10.1. The van der Waals surface area contributed by atoms with Gasteiger partial charge < -0.3 is 19.9 Å². The van der Waals surface area contributed by atoms with Gasteiger partial charge in [0, 0.05) is 45.2 Å². The first-order valence-electron chi connectivity index (χ1n) is 8.86. The first-order valence-corrected chi connectivity index (χ1v) is 8.86. The van der Waals surface area contributed by atoms with Crippen LogP contribution in [0, 0.1) is 5.92 Å². The Bertz CT molecular complexity index is 534. The molecular weight excluding hydrogens is 306 g/mol. The Balaban J connectivity index is 1.48. The van der Waals surface area contributed by atoms with Crippen LogP contribution in [0.25, 0.3) is 0 Å². The zero-order valence-electron chi connectivity index (χ0n) is 14.6. The first kappa shape index (κ1) is 17.0. The number of aromatic nitrogens is 2. The molecule has 3 rings (SSSR count). The largest absolute Gasteiger partial charge is 0.376 e. The summed E-state index contributed by atoms with van der Waals surface area (Å²) < 4.78 is 5.59. The molecule has 3 heterocycles. The number of ether oxygens (including phenoxy) is 1. The fourth-order valence-electron chi connectivity index (χ4n) is 3.13. The Morgan fingerprint density at radius 3 is 2.67 bits per heavy atom. The predicted molar refractivity (Wildman–Crippen MR) is 93.1 cm³/mol. The minimum absolute atomic E-state index is 0.0607. The van der Waals surface area contributed by atoms with E-state index in [1.54, 1.807) is 0 Å². The van der Waals surface area contributed by atoms with Gasteiger partial charge in [-0.1, -0.05) is 13.8 Å². The topological polar surface area (TPSA) is 70.6 Å². The summed E-state index contributed by atoms with van der Waals surface area (Å²) in [5.41, 5.74) is 0. The Morgan fingerprint density at radius 2 is 2.08 bits per heavy atom. The van der Waals surface area contributed by atoms with Crippen LogP contribution < -0.4 is 10.2 Å². The maximum Gasteiger partial charge on any atom is 0.225 e. The van der Waals surface area contributed by atoms with Gasteiger partial charge in [0.25, 0.3) is 0 Å². The van der Waals surface area contributed by atoms with Crippen LogP contribution in [0.4, 0.5) is 11.6 Å². The number of hydrogen-bond donors (Lipinski definition) is 1. The highest BCUT2D eigenvalue weighted by atomic mass is 16.5. The van der Waals surface area contributed by atoms with Gasteiger partial charge in [-0.3, -0.25) is 4.79 Å². The number of nitrogens with one attached hydrogen (secondary N) is 1. The highest BCUT2D eigenvalue weighted by molar-refractivity contribution is 5.78. The van der Waals surface area contributed by atoms with Gasteiger partial charge in [-0.05, 0) is 25.0 Å². The number of piperazine rings is 1. The van der Waals surface area contributed by atoms with Crippen molar-refractivity contribution in [1.82, 2.24) is 15.1 Å². The van der Waals surface area contributed by atoms with Crippen molar-refractivity contribution in [3.63, 3.8) is 0 Å². The van der Waals surface area contributed by atoms with E-state index in [9.17, 15) is 4.79 Å². The number of hydrogen-bond acceptors (Lipinski definition) is 6. The number of rotatable bonds is 5. The lowest BCUT2D eigenvalue weighted by molar-refractivity contribution is -0.134. The summed E-state index contributed by atoms with van der Waals surface area (Å²) in [5.74, 6) is 1.94. The number of carbonyl (C=O) groups is 1. The summed E-state index contributed by atoms with van der Waals surface area (Å²) in [5, 5.41) is 11.9. The van der Waals surface area contributed by atoms with Crippen molar-refractivity contribution >= 4 is 17.5 Å². The first-order chi connectivity index (χ1) is 11.6. The molecule has 24 heavy (non-hydrogen) atoms. The third kappa shape index (κ3) is 4.14. The minimum atomic E-state index is 0.0607. The molecule has 0 aromatic carbocycles. The quantitative estimate of drug-likeness (QED) is 0.878. The fraction of sp³-hybridized carbons (Fsp3) is 0.706. The van der Waals surface area contributed by atoms with E-state index in [2.05, 4.69) is 20.4 Å². The highest BCUT2D eigenvalue weighted by Crippen LogP contribution is 2.16. The molecule has 0 saturated carbocycles. The zero-order chi connectivity index (χ0) is 16.9. The normalized spacial score (nSPS) is 21.4. The van der Waals surface area contributed by atoms with Gasteiger partial charge in [0.2, 0.25) is 5.91 Å². The maximum atomic E-state index is 12.0. The highest BCUT2D eigenvalue weighted by Gasteiger charge is 2.23. The summed E-state index contributed by atoms with van der Waals surface area (Å²) in [6.45, 7) is 8.64. The lowest BCUT2D eigenvalue weighted by Gasteiger charge is -2.36. The molecule has 2 fully saturated rings. The molecule has 7 heteroatoms. The molecule has 1 amide bonds. The molecule has 2 aliphatic heterocycles. The van der Waals surface area contributed by atoms with Crippen LogP contribution in [0.2, 0.25) is 0 Å². The SMILES string of the molecule is CC(C)C(=O)N1CCN(c2ccc(NCC3CCCO3)nn2)CC1. The third-order valence-corrected chi connectivity index (χ3v) is 4.59. The predicted octanol–water partition coefficient (Wildman–Crippen LogP) is 1.37. The van der Waals surface area contributed by atoms with Crippen LogP contribution in [-0.4, -0.2) is 66.4 Å². The van der Waals surface area contributed by atoms with E-state index < -0.39 is 0 Å². The Kier molecular flexibility index (Phi) is 5.50. The maximum absolute atomic E-state index is 12.0. The van der Waals surface area contributed by atoms with Crippen molar-refractivity contribution in [2.24, 2.45) is 5.92 Å². The van der Waals surface area contributed by atoms with E-state index >= 15 is 0 Å². The van der Waals surface area contributed by atoms with Crippen molar-refractivity contribution in [3.8, 4) is 0 Å². The van der Waals surface area contributed by atoms with Crippen LogP contribution in [0.15, 0.2) is 12.1 Å². The second-order valence-electron chi connectivity index (χ2n) is 6.76. The summed E-state index contributed by atoms with van der Waals surface area (Å²) in [4.78, 5) is 16.1. The molecule has 0 spiro atoms. The van der Waals surface area contributed by atoms with Crippen molar-refractivity contribution in [3.05, 3.63) is 12.1 Å². The Labute approximate surface area is 143 Å². The van der Waals surface area contributed by atoms with E-state index in [-0.39, 0.29) is 17.9 Å². The van der Waals surface area contributed by atoms with Crippen LogP contribution in [0.5, 0.6) is 0 Å². The molecule has 7 nitrogen and oxygen atoms in total. The van der Waals surface area contributed by atoms with Gasteiger partial charge >= 0.3 is 0 Å². The standard InChI is InChI=1S/C17H27N5O2/c1-13(2)17(23)22-9-7-21(8-10-22)16-6-5-15(19-20-16)18-12-14-4-3-11-24-14/h5-6,13-14H,3-4,7-12H2,1-2H3,(H,18,19). The van der Waals surface area contributed by atoms with E-state index in [0.717, 1.165) is 63.8 Å². The minimum Gasteiger partial charge on any atom is -0.376 e. The van der Waals surface area contributed by atoms with Gasteiger partial charge in [0.1, 0.15) is 5.82 Å². The summed E-state index contributed by atoms with van der Waals surface area (Å²) in [6, 6.07) is 3.95. The summed E-state index contributed by atoms with van der Waals surface area (Å²) in [6.07, 6.45) is 2.54. The second-order valence-corrected chi connectivity index (χ2v) is 6.76.